The van der Waals surface area contributed by atoms with Crippen LogP contribution < -0.4 is 11.1 Å². The summed E-state index contributed by atoms with van der Waals surface area (Å²) < 4.78 is 74.6. The van der Waals surface area contributed by atoms with Gasteiger partial charge in [0, 0.05) is 0 Å². The third-order valence-corrected chi connectivity index (χ3v) is 2.06. The maximum Gasteiger partial charge on any atom is 0.416 e. The van der Waals surface area contributed by atoms with Crippen molar-refractivity contribution in [1.29, 1.82) is 0 Å². The lowest BCUT2D eigenvalue weighted by Crippen LogP contribution is -2.46. The maximum atomic E-state index is 12.4. The summed E-state index contributed by atoms with van der Waals surface area (Å²) in [7, 11) is 0. The van der Waals surface area contributed by atoms with Gasteiger partial charge in [0.05, 0.1) is 17.5 Å². The van der Waals surface area contributed by atoms with Crippen LogP contribution in [-0.2, 0) is 18.8 Å². The predicted molar refractivity (Wildman–Crippen MR) is 51.3 cm³/mol. The van der Waals surface area contributed by atoms with Crippen molar-refractivity contribution in [3.05, 3.63) is 34.9 Å². The molecular weight excluding hydrogens is 262 g/mol. The standard InChI is InChI=1S/C10H8F6N2/c11-9(12,13)6-1-5(3-8(17)18)2-7(4-6)10(14,15)16/h1-2,4H,3H2,(H3,17,18)/p+1. The Morgan fingerprint density at radius 3 is 1.61 bits per heavy atom. The summed E-state index contributed by atoms with van der Waals surface area (Å²) in [4.78, 5) is 0. The van der Waals surface area contributed by atoms with Crippen molar-refractivity contribution in [3.8, 4) is 0 Å². The lowest BCUT2D eigenvalue weighted by Gasteiger charge is -2.13. The van der Waals surface area contributed by atoms with Crippen molar-refractivity contribution < 1.29 is 31.8 Å². The highest BCUT2D eigenvalue weighted by Gasteiger charge is 2.36. The van der Waals surface area contributed by atoms with E-state index in [2.05, 4.69) is 0 Å². The number of benzene rings is 1. The van der Waals surface area contributed by atoms with Gasteiger partial charge in [0.2, 0.25) is 5.84 Å². The summed E-state index contributed by atoms with van der Waals surface area (Å²) in [5.74, 6) is -0.262. The molecule has 0 aliphatic heterocycles. The van der Waals surface area contributed by atoms with E-state index in [1.807, 2.05) is 0 Å². The van der Waals surface area contributed by atoms with E-state index in [0.29, 0.717) is 12.1 Å². The van der Waals surface area contributed by atoms with E-state index >= 15 is 0 Å². The number of alkyl halides is 6. The largest absolute Gasteiger partial charge is 0.416 e. The molecule has 0 unspecified atom stereocenters. The topological polar surface area (TPSA) is 51.6 Å². The first kappa shape index (κ1) is 14.3. The summed E-state index contributed by atoms with van der Waals surface area (Å²) in [6.07, 6.45) is -10.1. The molecule has 0 amide bonds. The lowest BCUT2D eigenvalue weighted by atomic mass is 10.0. The first-order valence-corrected chi connectivity index (χ1v) is 4.65. The molecule has 8 heteroatoms. The first-order valence-electron chi connectivity index (χ1n) is 4.65. The maximum absolute atomic E-state index is 12.4. The van der Waals surface area contributed by atoms with Crippen molar-refractivity contribution in [3.63, 3.8) is 0 Å². The van der Waals surface area contributed by atoms with Crippen molar-refractivity contribution in [2.45, 2.75) is 18.8 Å². The second-order valence-corrected chi connectivity index (χ2v) is 3.67. The minimum Gasteiger partial charge on any atom is -0.291 e. The van der Waals surface area contributed by atoms with Crippen molar-refractivity contribution >= 4 is 5.84 Å². The number of hydrogen-bond donors (Lipinski definition) is 2. The van der Waals surface area contributed by atoms with E-state index in [4.69, 9.17) is 11.1 Å². The lowest BCUT2D eigenvalue weighted by molar-refractivity contribution is -0.143. The summed E-state index contributed by atoms with van der Waals surface area (Å²) in [5, 5.41) is 5.07. The van der Waals surface area contributed by atoms with Gasteiger partial charge in [-0.05, 0) is 23.8 Å². The van der Waals surface area contributed by atoms with Crippen molar-refractivity contribution in [2.75, 3.05) is 0 Å². The molecule has 4 N–H and O–H groups in total. The Hall–Kier alpha value is -1.73. The molecule has 0 fully saturated rings. The van der Waals surface area contributed by atoms with Gasteiger partial charge in [-0.2, -0.15) is 26.3 Å². The van der Waals surface area contributed by atoms with Gasteiger partial charge in [-0.15, -0.1) is 0 Å². The van der Waals surface area contributed by atoms with Crippen LogP contribution in [0.2, 0.25) is 0 Å². The normalized spacial score (nSPS) is 12.6. The molecule has 100 valence electrons. The van der Waals surface area contributed by atoms with Gasteiger partial charge in [0.1, 0.15) is 0 Å². The predicted octanol–water partition coefficient (Wildman–Crippen LogP) is 1.38. The molecule has 0 radical (unpaired) electrons. The van der Waals surface area contributed by atoms with Crippen LogP contribution in [-0.4, -0.2) is 5.84 Å². The molecule has 0 spiro atoms. The molecule has 1 aromatic carbocycles. The molecule has 1 aromatic rings. The van der Waals surface area contributed by atoms with Crippen LogP contribution in [0.25, 0.3) is 0 Å². The van der Waals surface area contributed by atoms with Gasteiger partial charge in [-0.3, -0.25) is 11.1 Å². The summed E-state index contributed by atoms with van der Waals surface area (Å²) >= 11 is 0. The van der Waals surface area contributed by atoms with E-state index < -0.39 is 23.5 Å². The van der Waals surface area contributed by atoms with Gasteiger partial charge in [0.15, 0.2) is 0 Å². The molecule has 0 bridgehead atoms. The van der Waals surface area contributed by atoms with E-state index in [1.165, 1.54) is 0 Å². The van der Waals surface area contributed by atoms with E-state index in [1.54, 1.807) is 0 Å². The molecule has 0 saturated carbocycles. The zero-order valence-electron chi connectivity index (χ0n) is 8.86. The second-order valence-electron chi connectivity index (χ2n) is 3.67. The minimum absolute atomic E-state index is 0.0518. The fraction of sp³-hybridized carbons (Fsp3) is 0.300. The van der Waals surface area contributed by atoms with E-state index in [0.717, 1.165) is 0 Å². The molecule has 0 aliphatic rings. The first-order chi connectivity index (χ1) is 8.00. The van der Waals surface area contributed by atoms with Gasteiger partial charge in [0.25, 0.3) is 0 Å². The van der Waals surface area contributed by atoms with E-state index in [-0.39, 0.29) is 23.9 Å². The molecule has 0 aliphatic carbocycles. The highest BCUT2D eigenvalue weighted by atomic mass is 19.4. The van der Waals surface area contributed by atoms with Crippen LogP contribution in [0.3, 0.4) is 0 Å². The van der Waals surface area contributed by atoms with Crippen LogP contribution in [0.1, 0.15) is 16.7 Å². The van der Waals surface area contributed by atoms with Gasteiger partial charge in [-0.25, -0.2) is 0 Å². The Balaban J connectivity index is 3.34. The van der Waals surface area contributed by atoms with Gasteiger partial charge in [-0.1, -0.05) is 0 Å². The quantitative estimate of drug-likeness (QED) is 0.476. The van der Waals surface area contributed by atoms with Crippen LogP contribution in [0.5, 0.6) is 0 Å². The molecule has 2 nitrogen and oxygen atoms in total. The molecule has 1 rings (SSSR count). The zero-order chi connectivity index (χ0) is 14.1. The van der Waals surface area contributed by atoms with Gasteiger partial charge < -0.3 is 0 Å². The Morgan fingerprint density at radius 2 is 1.33 bits per heavy atom. The smallest absolute Gasteiger partial charge is 0.291 e. The number of amidine groups is 1. The summed E-state index contributed by atoms with van der Waals surface area (Å²) in [6, 6.07) is 1.24. The summed E-state index contributed by atoms with van der Waals surface area (Å²) in [6.45, 7) is 0. The van der Waals surface area contributed by atoms with Crippen LogP contribution in [0, 0.1) is 0 Å². The van der Waals surface area contributed by atoms with Crippen LogP contribution in [0.15, 0.2) is 18.2 Å². The number of nitrogens with two attached hydrogens (primary N) is 2. The van der Waals surface area contributed by atoms with Gasteiger partial charge >= 0.3 is 12.4 Å². The Kier molecular flexibility index (Phi) is 3.59. The average Bonchev–Trinajstić information content (AvgIpc) is 2.13. The third kappa shape index (κ3) is 3.64. The average molecular weight is 271 g/mol. The number of halogens is 6. The molecule has 0 saturated heterocycles. The molecular formula is C10H9F6N2+. The fourth-order valence-electron chi connectivity index (χ4n) is 1.36. The zero-order valence-corrected chi connectivity index (χ0v) is 8.86. The van der Waals surface area contributed by atoms with Crippen molar-refractivity contribution in [1.82, 2.24) is 0 Å². The Labute approximate surface area is 97.9 Å². The molecule has 0 heterocycles. The highest BCUT2D eigenvalue weighted by Crippen LogP contribution is 2.36. The molecule has 0 atom stereocenters. The van der Waals surface area contributed by atoms with Crippen LogP contribution >= 0.6 is 0 Å². The fourth-order valence-corrected chi connectivity index (χ4v) is 1.36. The SMILES string of the molecule is NC(=[NH2+])Cc1cc(C(F)(F)F)cc(C(F)(F)F)c1. The monoisotopic (exact) mass is 271 g/mol. The minimum atomic E-state index is -4.86. The number of hydrogen-bond acceptors (Lipinski definition) is 0. The third-order valence-electron chi connectivity index (χ3n) is 2.06. The Morgan fingerprint density at radius 1 is 0.944 bits per heavy atom. The Bertz CT molecular complexity index is 428. The second kappa shape index (κ2) is 4.51. The molecule has 18 heavy (non-hydrogen) atoms. The molecule has 0 aromatic heterocycles. The summed E-state index contributed by atoms with van der Waals surface area (Å²) in [5.41, 5.74) is 2.07. The van der Waals surface area contributed by atoms with Crippen molar-refractivity contribution in [2.24, 2.45) is 5.73 Å². The van der Waals surface area contributed by atoms with Crippen LogP contribution in [0.4, 0.5) is 26.3 Å². The number of rotatable bonds is 2. The van der Waals surface area contributed by atoms with E-state index in [9.17, 15) is 26.3 Å². The highest BCUT2D eigenvalue weighted by molar-refractivity contribution is 5.76.